The Morgan fingerprint density at radius 1 is 1.53 bits per heavy atom. The van der Waals surface area contributed by atoms with Gasteiger partial charge in [0.2, 0.25) is 5.91 Å². The summed E-state index contributed by atoms with van der Waals surface area (Å²) in [7, 11) is 1.61. The quantitative estimate of drug-likeness (QED) is 0.589. The molecule has 0 unspecified atom stereocenters. The smallest absolute Gasteiger partial charge is 0.246 e. The van der Waals surface area contributed by atoms with Crippen molar-refractivity contribution in [1.29, 1.82) is 0 Å². The number of nitrogens with one attached hydrogen (secondary N) is 2. The molecule has 0 aromatic carbocycles. The molecule has 5 nitrogen and oxygen atoms in total. The number of carbonyl (C=O) groups is 1. The Balaban J connectivity index is 2.01. The summed E-state index contributed by atoms with van der Waals surface area (Å²) in [6, 6.07) is 0.261. The van der Waals surface area contributed by atoms with Gasteiger partial charge in [0.1, 0.15) is 6.61 Å². The molecule has 1 rings (SSSR count). The van der Waals surface area contributed by atoms with Crippen LogP contribution in [0.4, 0.5) is 0 Å². The van der Waals surface area contributed by atoms with E-state index in [1.54, 1.807) is 7.11 Å². The summed E-state index contributed by atoms with van der Waals surface area (Å²) in [5, 5.41) is 6.17. The number of hydrogen-bond donors (Lipinski definition) is 2. The maximum Gasteiger partial charge on any atom is 0.246 e. The number of rotatable bonds is 6. The van der Waals surface area contributed by atoms with Crippen molar-refractivity contribution in [3.05, 3.63) is 0 Å². The lowest BCUT2D eigenvalue weighted by Crippen LogP contribution is -2.46. The summed E-state index contributed by atoms with van der Waals surface area (Å²) >= 11 is 0. The van der Waals surface area contributed by atoms with Gasteiger partial charge in [-0.3, -0.25) is 4.79 Å². The van der Waals surface area contributed by atoms with Crippen LogP contribution in [0.2, 0.25) is 0 Å². The van der Waals surface area contributed by atoms with Crippen LogP contribution in [0.1, 0.15) is 12.8 Å². The third kappa shape index (κ3) is 5.71. The highest BCUT2D eigenvalue weighted by Crippen LogP contribution is 2.00. The molecule has 0 aromatic heterocycles. The number of hydrogen-bond acceptors (Lipinski definition) is 4. The minimum Gasteiger partial charge on any atom is -0.382 e. The van der Waals surface area contributed by atoms with Gasteiger partial charge in [0.05, 0.1) is 13.2 Å². The molecule has 2 N–H and O–H groups in total. The minimum absolute atomic E-state index is 0.0418. The summed E-state index contributed by atoms with van der Waals surface area (Å²) in [6.45, 7) is 3.03. The third-order valence-corrected chi connectivity index (χ3v) is 2.33. The molecule has 1 saturated heterocycles. The van der Waals surface area contributed by atoms with Crippen molar-refractivity contribution < 1.29 is 14.3 Å². The van der Waals surface area contributed by atoms with Gasteiger partial charge in [0.15, 0.2) is 0 Å². The topological polar surface area (TPSA) is 59.6 Å². The Labute approximate surface area is 90.5 Å². The summed E-state index contributed by atoms with van der Waals surface area (Å²) in [5.74, 6) is -0.0418. The normalized spacial score (nSPS) is 21.3. The van der Waals surface area contributed by atoms with Crippen LogP contribution in [0.3, 0.4) is 0 Å². The number of piperidine rings is 1. The first kappa shape index (κ1) is 12.4. The molecule has 1 aliphatic heterocycles. The van der Waals surface area contributed by atoms with Crippen LogP contribution in [-0.4, -0.2) is 52.0 Å². The Hall–Kier alpha value is -0.650. The molecule has 1 heterocycles. The summed E-state index contributed by atoms with van der Waals surface area (Å²) in [5.41, 5.74) is 0. The molecule has 88 valence electrons. The molecule has 0 bridgehead atoms. The van der Waals surface area contributed by atoms with Crippen molar-refractivity contribution in [1.82, 2.24) is 10.6 Å². The van der Waals surface area contributed by atoms with Gasteiger partial charge >= 0.3 is 0 Å². The van der Waals surface area contributed by atoms with Crippen LogP contribution in [0.15, 0.2) is 0 Å². The molecule has 1 aliphatic rings. The van der Waals surface area contributed by atoms with E-state index in [2.05, 4.69) is 10.6 Å². The molecular formula is C10H20N2O3. The van der Waals surface area contributed by atoms with Gasteiger partial charge in [-0.15, -0.1) is 0 Å². The van der Waals surface area contributed by atoms with Gasteiger partial charge in [0, 0.05) is 19.7 Å². The highest BCUT2D eigenvalue weighted by Gasteiger charge is 2.14. The second-order valence-electron chi connectivity index (χ2n) is 3.66. The predicted molar refractivity (Wildman–Crippen MR) is 56.7 cm³/mol. The maximum absolute atomic E-state index is 11.4. The number of amides is 1. The van der Waals surface area contributed by atoms with E-state index in [9.17, 15) is 4.79 Å². The zero-order valence-electron chi connectivity index (χ0n) is 9.25. The van der Waals surface area contributed by atoms with E-state index in [1.165, 1.54) is 0 Å². The van der Waals surface area contributed by atoms with E-state index in [0.29, 0.717) is 13.2 Å². The highest BCUT2D eigenvalue weighted by molar-refractivity contribution is 5.77. The lowest BCUT2D eigenvalue weighted by atomic mass is 10.1. The van der Waals surface area contributed by atoms with Crippen molar-refractivity contribution in [2.24, 2.45) is 0 Å². The first-order chi connectivity index (χ1) is 7.33. The van der Waals surface area contributed by atoms with Crippen LogP contribution in [0, 0.1) is 0 Å². The molecule has 0 spiro atoms. The van der Waals surface area contributed by atoms with E-state index >= 15 is 0 Å². The third-order valence-electron chi connectivity index (χ3n) is 2.33. The number of carbonyl (C=O) groups excluding carboxylic acids is 1. The van der Waals surface area contributed by atoms with Gasteiger partial charge in [-0.1, -0.05) is 0 Å². The summed E-state index contributed by atoms with van der Waals surface area (Å²) < 4.78 is 9.93. The standard InChI is InChI=1S/C10H20N2O3/c1-14-5-6-15-8-10(13)12-9-3-2-4-11-7-9/h9,11H,2-8H2,1H3,(H,12,13)/t9-/m1/s1. The molecular weight excluding hydrogens is 196 g/mol. The molecule has 1 fully saturated rings. The minimum atomic E-state index is -0.0418. The Kier molecular flexibility index (Phi) is 6.31. The van der Waals surface area contributed by atoms with Crippen LogP contribution in [-0.2, 0) is 14.3 Å². The van der Waals surface area contributed by atoms with Crippen molar-refractivity contribution in [3.8, 4) is 0 Å². The van der Waals surface area contributed by atoms with Crippen molar-refractivity contribution in [3.63, 3.8) is 0 Å². The summed E-state index contributed by atoms with van der Waals surface area (Å²) in [6.07, 6.45) is 2.17. The molecule has 0 saturated carbocycles. The first-order valence-corrected chi connectivity index (χ1v) is 5.39. The van der Waals surface area contributed by atoms with E-state index in [4.69, 9.17) is 9.47 Å². The van der Waals surface area contributed by atoms with Gasteiger partial charge in [-0.05, 0) is 19.4 Å². The van der Waals surface area contributed by atoms with Gasteiger partial charge < -0.3 is 20.1 Å². The first-order valence-electron chi connectivity index (χ1n) is 5.39. The fourth-order valence-electron chi connectivity index (χ4n) is 1.55. The fraction of sp³-hybridized carbons (Fsp3) is 0.900. The molecule has 0 radical (unpaired) electrons. The van der Waals surface area contributed by atoms with Crippen LogP contribution in [0.5, 0.6) is 0 Å². The Morgan fingerprint density at radius 2 is 2.40 bits per heavy atom. The van der Waals surface area contributed by atoms with Crippen LogP contribution < -0.4 is 10.6 Å². The largest absolute Gasteiger partial charge is 0.382 e. The van der Waals surface area contributed by atoms with Crippen LogP contribution >= 0.6 is 0 Å². The van der Waals surface area contributed by atoms with Crippen molar-refractivity contribution in [2.75, 3.05) is 40.0 Å². The van der Waals surface area contributed by atoms with Gasteiger partial charge in [-0.2, -0.15) is 0 Å². The molecule has 1 atom stereocenters. The molecule has 15 heavy (non-hydrogen) atoms. The van der Waals surface area contributed by atoms with Gasteiger partial charge in [0.25, 0.3) is 0 Å². The fourth-order valence-corrected chi connectivity index (χ4v) is 1.55. The Bertz CT molecular complexity index is 182. The lowest BCUT2D eigenvalue weighted by molar-refractivity contribution is -0.126. The molecule has 0 aromatic rings. The maximum atomic E-state index is 11.4. The zero-order valence-corrected chi connectivity index (χ0v) is 9.25. The predicted octanol–water partition coefficient (Wildman–Crippen LogP) is -0.482. The second kappa shape index (κ2) is 7.62. The van der Waals surface area contributed by atoms with Crippen LogP contribution in [0.25, 0.3) is 0 Å². The number of ether oxygens (including phenoxy) is 2. The molecule has 1 amide bonds. The van der Waals surface area contributed by atoms with Crippen molar-refractivity contribution >= 4 is 5.91 Å². The van der Waals surface area contributed by atoms with E-state index in [1.807, 2.05) is 0 Å². The zero-order chi connectivity index (χ0) is 10.9. The monoisotopic (exact) mass is 216 g/mol. The van der Waals surface area contributed by atoms with Crippen molar-refractivity contribution in [2.45, 2.75) is 18.9 Å². The van der Waals surface area contributed by atoms with Gasteiger partial charge in [-0.25, -0.2) is 0 Å². The average Bonchev–Trinajstić information content (AvgIpc) is 2.26. The van der Waals surface area contributed by atoms with E-state index < -0.39 is 0 Å². The summed E-state index contributed by atoms with van der Waals surface area (Å²) in [4.78, 5) is 11.4. The Morgan fingerprint density at radius 3 is 3.07 bits per heavy atom. The highest BCUT2D eigenvalue weighted by atomic mass is 16.5. The van der Waals surface area contributed by atoms with E-state index in [-0.39, 0.29) is 18.6 Å². The molecule has 5 heteroatoms. The second-order valence-corrected chi connectivity index (χ2v) is 3.66. The lowest BCUT2D eigenvalue weighted by Gasteiger charge is -2.23. The average molecular weight is 216 g/mol. The molecule has 0 aliphatic carbocycles. The van der Waals surface area contributed by atoms with E-state index in [0.717, 1.165) is 25.9 Å². The number of methoxy groups -OCH3 is 1. The SMILES string of the molecule is COCCOCC(=O)N[C@@H]1CCCNC1.